The van der Waals surface area contributed by atoms with Gasteiger partial charge in [-0.15, -0.1) is 0 Å². The Balaban J connectivity index is 0.000000255. The zero-order valence-corrected chi connectivity index (χ0v) is 24.0. The molecule has 5 rings (SSSR count). The number of benzene rings is 3. The third-order valence-electron chi connectivity index (χ3n) is 6.30. The van der Waals surface area contributed by atoms with Crippen LogP contribution in [0, 0.1) is 5.82 Å². The molecule has 1 fully saturated rings. The van der Waals surface area contributed by atoms with Crippen LogP contribution >= 0.6 is 34.8 Å². The molecule has 10 heteroatoms. The third-order valence-corrected chi connectivity index (χ3v) is 7.10. The number of halogens is 4. The molecule has 0 spiro atoms. The smallest absolute Gasteiger partial charge is 0.333 e. The lowest BCUT2D eigenvalue weighted by Gasteiger charge is -2.19. The van der Waals surface area contributed by atoms with Crippen LogP contribution in [0.3, 0.4) is 0 Å². The number of carboxylic acid groups (broad SMARTS) is 1. The van der Waals surface area contributed by atoms with E-state index in [1.807, 2.05) is 30.3 Å². The maximum atomic E-state index is 13.2. The van der Waals surface area contributed by atoms with Gasteiger partial charge in [-0.2, -0.15) is 0 Å². The summed E-state index contributed by atoms with van der Waals surface area (Å²) in [6, 6.07) is 18.3. The van der Waals surface area contributed by atoms with E-state index in [1.165, 1.54) is 18.4 Å². The quantitative estimate of drug-likeness (QED) is 0.215. The summed E-state index contributed by atoms with van der Waals surface area (Å²) in [6.45, 7) is 2.46. The van der Waals surface area contributed by atoms with Crippen molar-refractivity contribution < 1.29 is 23.8 Å². The molecule has 1 aliphatic carbocycles. The van der Waals surface area contributed by atoms with E-state index in [0.29, 0.717) is 24.3 Å². The van der Waals surface area contributed by atoms with Gasteiger partial charge >= 0.3 is 5.97 Å². The minimum absolute atomic E-state index is 0.0961. The van der Waals surface area contributed by atoms with Crippen LogP contribution in [0.15, 0.2) is 66.2 Å². The molecule has 3 aromatic carbocycles. The Morgan fingerprint density at radius 2 is 1.70 bits per heavy atom. The van der Waals surface area contributed by atoms with Crippen LogP contribution in [0.5, 0.6) is 11.5 Å². The van der Waals surface area contributed by atoms with Crippen molar-refractivity contribution in [1.29, 1.82) is 0 Å². The maximum absolute atomic E-state index is 13.2. The molecule has 2 aliphatic rings. The molecule has 0 atom stereocenters. The van der Waals surface area contributed by atoms with Gasteiger partial charge in [0.25, 0.3) is 0 Å². The minimum Gasteiger partial charge on any atom is -0.490 e. The summed E-state index contributed by atoms with van der Waals surface area (Å²) in [4.78, 5) is 11.4. The first-order valence-corrected chi connectivity index (χ1v) is 14.1. The van der Waals surface area contributed by atoms with Crippen molar-refractivity contribution in [3.8, 4) is 11.5 Å². The van der Waals surface area contributed by atoms with Crippen LogP contribution in [-0.2, 0) is 11.3 Å². The number of carboxylic acids is 1. The van der Waals surface area contributed by atoms with E-state index in [4.69, 9.17) is 44.3 Å². The highest BCUT2D eigenvalue weighted by atomic mass is 35.5. The Labute approximate surface area is 248 Å². The van der Waals surface area contributed by atoms with Gasteiger partial charge in [-0.25, -0.2) is 9.18 Å². The molecular formula is C30H30Cl3FN2O4. The molecule has 0 aromatic heterocycles. The number of rotatable bonds is 10. The molecule has 1 saturated carbocycles. The molecule has 212 valence electrons. The van der Waals surface area contributed by atoms with E-state index in [2.05, 4.69) is 16.7 Å². The number of hydrogen-bond donors (Lipinski definition) is 3. The largest absolute Gasteiger partial charge is 0.490 e. The first-order chi connectivity index (χ1) is 19.3. The molecule has 0 saturated heterocycles. The number of carbonyl (C=O) groups is 1. The van der Waals surface area contributed by atoms with E-state index in [-0.39, 0.29) is 29.0 Å². The summed E-state index contributed by atoms with van der Waals surface area (Å²) < 4.78 is 24.3. The van der Waals surface area contributed by atoms with Gasteiger partial charge in [0, 0.05) is 24.2 Å². The van der Waals surface area contributed by atoms with Crippen LogP contribution in [0.1, 0.15) is 30.4 Å². The Morgan fingerprint density at radius 1 is 1.00 bits per heavy atom. The molecule has 6 nitrogen and oxygen atoms in total. The Bertz CT molecular complexity index is 1320. The maximum Gasteiger partial charge on any atom is 0.333 e. The molecule has 1 aliphatic heterocycles. The fourth-order valence-corrected chi connectivity index (χ4v) is 4.91. The van der Waals surface area contributed by atoms with Crippen LogP contribution in [0.2, 0.25) is 15.1 Å². The van der Waals surface area contributed by atoms with Gasteiger partial charge in [0.2, 0.25) is 0 Å². The Kier molecular flexibility index (Phi) is 11.1. The molecule has 0 bridgehead atoms. The van der Waals surface area contributed by atoms with E-state index < -0.39 is 11.8 Å². The van der Waals surface area contributed by atoms with Gasteiger partial charge in [0.15, 0.2) is 5.75 Å². The summed E-state index contributed by atoms with van der Waals surface area (Å²) in [5.74, 6) is -0.607. The predicted octanol–water partition coefficient (Wildman–Crippen LogP) is 7.01. The molecule has 0 amide bonds. The fraction of sp³-hybridized carbons (Fsp3) is 0.300. The van der Waals surface area contributed by atoms with E-state index in [0.717, 1.165) is 47.4 Å². The standard InChI is InChI=1S/C20H18Cl2FNO4.C10H12ClN/c21-17-9-13(23)10-18(22)19(17)28-8-7-27-14-3-1-12(2-4-14)15-5-6-24-11-16(15)20(25)26;11-9-3-1-2-8(6-9)7-12-10-4-5-10/h1-4,9-10,24H,5-8,11H2,(H,25,26);1-3,6,10,12H,4-5,7H2. The Morgan fingerprint density at radius 3 is 2.35 bits per heavy atom. The number of nitrogens with one attached hydrogen (secondary N) is 2. The highest BCUT2D eigenvalue weighted by molar-refractivity contribution is 6.37. The zero-order valence-electron chi connectivity index (χ0n) is 21.7. The number of hydrogen-bond acceptors (Lipinski definition) is 5. The van der Waals surface area contributed by atoms with Crippen molar-refractivity contribution in [3.63, 3.8) is 0 Å². The van der Waals surface area contributed by atoms with Crippen LogP contribution in [0.4, 0.5) is 4.39 Å². The first kappa shape index (κ1) is 30.2. The third kappa shape index (κ3) is 9.11. The van der Waals surface area contributed by atoms with Crippen molar-refractivity contribution >= 4 is 46.3 Å². The SMILES string of the molecule is Clc1cccc(CNC2CC2)c1.O=C(O)C1=C(c2ccc(OCCOc3c(Cl)cc(F)cc3Cl)cc2)CCNC1. The van der Waals surface area contributed by atoms with Gasteiger partial charge in [0.05, 0.1) is 15.6 Å². The van der Waals surface area contributed by atoms with E-state index in [1.54, 1.807) is 12.1 Å². The van der Waals surface area contributed by atoms with Gasteiger partial charge in [-0.05, 0) is 78.9 Å². The lowest BCUT2D eigenvalue weighted by atomic mass is 9.94. The van der Waals surface area contributed by atoms with E-state index in [9.17, 15) is 14.3 Å². The summed E-state index contributed by atoms with van der Waals surface area (Å²) in [6.07, 6.45) is 3.33. The van der Waals surface area contributed by atoms with Crippen molar-refractivity contribution in [1.82, 2.24) is 10.6 Å². The fourth-order valence-electron chi connectivity index (χ4n) is 4.13. The lowest BCUT2D eigenvalue weighted by molar-refractivity contribution is -0.132. The second-order valence-electron chi connectivity index (χ2n) is 9.39. The Hall–Kier alpha value is -2.81. The summed E-state index contributed by atoms with van der Waals surface area (Å²) in [5.41, 5.74) is 3.37. The van der Waals surface area contributed by atoms with Gasteiger partial charge in [0.1, 0.15) is 24.8 Å². The summed E-state index contributed by atoms with van der Waals surface area (Å²) in [7, 11) is 0. The normalized spacial score (nSPS) is 14.8. The second-order valence-corrected chi connectivity index (χ2v) is 10.6. The summed E-state index contributed by atoms with van der Waals surface area (Å²) in [5, 5.41) is 16.9. The van der Waals surface area contributed by atoms with Gasteiger partial charge < -0.3 is 25.2 Å². The predicted molar refractivity (Wildman–Crippen MR) is 157 cm³/mol. The summed E-state index contributed by atoms with van der Waals surface area (Å²) >= 11 is 17.7. The van der Waals surface area contributed by atoms with Crippen LogP contribution < -0.4 is 20.1 Å². The molecule has 40 heavy (non-hydrogen) atoms. The average molecular weight is 608 g/mol. The van der Waals surface area contributed by atoms with Crippen LogP contribution in [-0.4, -0.2) is 43.4 Å². The molecular weight excluding hydrogens is 578 g/mol. The van der Waals surface area contributed by atoms with Crippen molar-refractivity contribution in [2.24, 2.45) is 0 Å². The molecule has 1 heterocycles. The van der Waals surface area contributed by atoms with Crippen molar-refractivity contribution in [3.05, 3.63) is 98.2 Å². The van der Waals surface area contributed by atoms with Gasteiger partial charge in [-0.1, -0.05) is 59.1 Å². The highest BCUT2D eigenvalue weighted by Crippen LogP contribution is 2.33. The molecule has 0 unspecified atom stereocenters. The number of aliphatic carboxylic acids is 1. The van der Waals surface area contributed by atoms with Crippen molar-refractivity contribution in [2.45, 2.75) is 31.8 Å². The molecule has 3 aromatic rings. The average Bonchev–Trinajstić information content (AvgIpc) is 3.76. The monoisotopic (exact) mass is 606 g/mol. The lowest BCUT2D eigenvalue weighted by Crippen LogP contribution is -2.28. The molecule has 0 radical (unpaired) electrons. The number of ether oxygens (including phenoxy) is 2. The van der Waals surface area contributed by atoms with Crippen LogP contribution in [0.25, 0.3) is 5.57 Å². The molecule has 3 N–H and O–H groups in total. The van der Waals surface area contributed by atoms with E-state index >= 15 is 0 Å². The zero-order chi connectivity index (χ0) is 28.5. The van der Waals surface area contributed by atoms with Gasteiger partial charge in [-0.3, -0.25) is 0 Å². The topological polar surface area (TPSA) is 79.8 Å². The highest BCUT2D eigenvalue weighted by Gasteiger charge is 2.20. The minimum atomic E-state index is -0.905. The second kappa shape index (κ2) is 14.7. The first-order valence-electron chi connectivity index (χ1n) is 12.9. The van der Waals surface area contributed by atoms with Crippen molar-refractivity contribution in [2.75, 3.05) is 26.3 Å².